The van der Waals surface area contributed by atoms with Gasteiger partial charge in [-0.15, -0.1) is 24.0 Å². The highest BCUT2D eigenvalue weighted by molar-refractivity contribution is 14.0. The average Bonchev–Trinajstić information content (AvgIpc) is 2.69. The summed E-state index contributed by atoms with van der Waals surface area (Å²) in [6.07, 6.45) is 2.06. The van der Waals surface area contributed by atoms with E-state index in [9.17, 15) is 4.79 Å². The molecule has 0 aliphatic rings. The number of amides is 1. The van der Waals surface area contributed by atoms with E-state index in [2.05, 4.69) is 27.9 Å². The number of hydrogen-bond acceptors (Lipinski definition) is 2. The first-order chi connectivity index (χ1) is 13.1. The Hall–Kier alpha value is -1.80. The first-order valence-electron chi connectivity index (χ1n) is 9.18. The zero-order valence-corrected chi connectivity index (χ0v) is 19.4. The molecular formula is C21H28ClIN4O. The molecule has 0 fully saturated rings. The van der Waals surface area contributed by atoms with Gasteiger partial charge in [0.1, 0.15) is 0 Å². The first kappa shape index (κ1) is 24.2. The minimum atomic E-state index is -0.0260. The van der Waals surface area contributed by atoms with Crippen LogP contribution in [0.5, 0.6) is 0 Å². The van der Waals surface area contributed by atoms with Crippen molar-refractivity contribution in [3.05, 3.63) is 70.2 Å². The number of aliphatic imine (C=N–C) groups is 1. The maximum atomic E-state index is 12.0. The molecule has 0 atom stereocenters. The van der Waals surface area contributed by atoms with Crippen LogP contribution in [0.15, 0.2) is 53.5 Å². The van der Waals surface area contributed by atoms with Crippen molar-refractivity contribution in [1.29, 1.82) is 0 Å². The monoisotopic (exact) mass is 514 g/mol. The summed E-state index contributed by atoms with van der Waals surface area (Å²) in [6, 6.07) is 15.3. The summed E-state index contributed by atoms with van der Waals surface area (Å²) < 4.78 is 0. The topological polar surface area (TPSA) is 65.5 Å². The van der Waals surface area contributed by atoms with Gasteiger partial charge in [-0.1, -0.05) is 49.2 Å². The van der Waals surface area contributed by atoms with Crippen LogP contribution in [0, 0.1) is 0 Å². The molecule has 0 radical (unpaired) electrons. The number of carbonyl (C=O) groups is 1. The SMILES string of the molecule is CCCCNC(=O)c1ccc(CNC(=NC)NCc2cccc(Cl)c2)cc1.I. The number of halogens is 2. The lowest BCUT2D eigenvalue weighted by Crippen LogP contribution is -2.36. The minimum absolute atomic E-state index is 0. The van der Waals surface area contributed by atoms with Crippen molar-refractivity contribution < 1.29 is 4.79 Å². The fraction of sp³-hybridized carbons (Fsp3) is 0.333. The van der Waals surface area contributed by atoms with Gasteiger partial charge in [-0.2, -0.15) is 0 Å². The van der Waals surface area contributed by atoms with Gasteiger partial charge in [0.05, 0.1) is 0 Å². The van der Waals surface area contributed by atoms with Crippen molar-refractivity contribution in [3.63, 3.8) is 0 Å². The van der Waals surface area contributed by atoms with E-state index in [-0.39, 0.29) is 29.9 Å². The smallest absolute Gasteiger partial charge is 0.251 e. The maximum Gasteiger partial charge on any atom is 0.251 e. The van der Waals surface area contributed by atoms with Crippen molar-refractivity contribution >= 4 is 47.4 Å². The molecule has 7 heteroatoms. The van der Waals surface area contributed by atoms with E-state index in [1.807, 2.05) is 48.5 Å². The van der Waals surface area contributed by atoms with Crippen LogP contribution in [-0.2, 0) is 13.1 Å². The lowest BCUT2D eigenvalue weighted by atomic mass is 10.1. The fourth-order valence-corrected chi connectivity index (χ4v) is 2.71. The second kappa shape index (κ2) is 13.4. The largest absolute Gasteiger partial charge is 0.352 e. The molecule has 0 aliphatic carbocycles. The molecule has 2 rings (SSSR count). The Kier molecular flexibility index (Phi) is 11.6. The number of nitrogens with zero attached hydrogens (tertiary/aromatic N) is 1. The number of rotatable bonds is 8. The molecular weight excluding hydrogens is 487 g/mol. The van der Waals surface area contributed by atoms with E-state index < -0.39 is 0 Å². The van der Waals surface area contributed by atoms with E-state index in [1.54, 1.807) is 7.05 Å². The minimum Gasteiger partial charge on any atom is -0.352 e. The molecule has 152 valence electrons. The molecule has 0 unspecified atom stereocenters. The van der Waals surface area contributed by atoms with E-state index in [1.165, 1.54) is 0 Å². The average molecular weight is 515 g/mol. The molecule has 0 heterocycles. The number of carbonyl (C=O) groups excluding carboxylic acids is 1. The van der Waals surface area contributed by atoms with Gasteiger partial charge in [-0.25, -0.2) is 0 Å². The van der Waals surface area contributed by atoms with Crippen LogP contribution in [0.2, 0.25) is 5.02 Å². The Morgan fingerprint density at radius 3 is 2.29 bits per heavy atom. The highest BCUT2D eigenvalue weighted by Gasteiger charge is 2.05. The Balaban J connectivity index is 0.00000392. The van der Waals surface area contributed by atoms with Crippen LogP contribution in [0.3, 0.4) is 0 Å². The number of nitrogens with one attached hydrogen (secondary N) is 3. The molecule has 2 aromatic rings. The highest BCUT2D eigenvalue weighted by Crippen LogP contribution is 2.10. The number of unbranched alkanes of at least 4 members (excludes halogenated alkanes) is 1. The van der Waals surface area contributed by atoms with Gasteiger partial charge >= 0.3 is 0 Å². The quantitative estimate of drug-likeness (QED) is 0.212. The summed E-state index contributed by atoms with van der Waals surface area (Å²) >= 11 is 6.00. The number of hydrogen-bond donors (Lipinski definition) is 3. The van der Waals surface area contributed by atoms with Gasteiger partial charge < -0.3 is 16.0 Å². The fourth-order valence-electron chi connectivity index (χ4n) is 2.49. The Bertz CT molecular complexity index is 765. The molecule has 0 saturated heterocycles. The van der Waals surface area contributed by atoms with Crippen molar-refractivity contribution in [2.45, 2.75) is 32.9 Å². The summed E-state index contributed by atoms with van der Waals surface area (Å²) in [6.45, 7) is 4.07. The van der Waals surface area contributed by atoms with Crippen LogP contribution in [0.1, 0.15) is 41.3 Å². The van der Waals surface area contributed by atoms with Gasteiger partial charge in [-0.05, 0) is 41.8 Å². The van der Waals surface area contributed by atoms with Gasteiger partial charge in [0.15, 0.2) is 5.96 Å². The van der Waals surface area contributed by atoms with E-state index >= 15 is 0 Å². The Morgan fingerprint density at radius 2 is 1.68 bits per heavy atom. The molecule has 0 spiro atoms. The predicted octanol–water partition coefficient (Wildman–Crippen LogP) is 4.35. The first-order valence-corrected chi connectivity index (χ1v) is 9.56. The molecule has 5 nitrogen and oxygen atoms in total. The van der Waals surface area contributed by atoms with Crippen LogP contribution >= 0.6 is 35.6 Å². The Morgan fingerprint density at radius 1 is 1.00 bits per heavy atom. The van der Waals surface area contributed by atoms with Crippen LogP contribution in [0.4, 0.5) is 0 Å². The van der Waals surface area contributed by atoms with Gasteiger partial charge in [0, 0.05) is 37.3 Å². The molecule has 0 aromatic heterocycles. The molecule has 3 N–H and O–H groups in total. The van der Waals surface area contributed by atoms with Crippen LogP contribution < -0.4 is 16.0 Å². The molecule has 1 amide bonds. The lowest BCUT2D eigenvalue weighted by molar-refractivity contribution is 0.0953. The summed E-state index contributed by atoms with van der Waals surface area (Å²) in [4.78, 5) is 16.2. The summed E-state index contributed by atoms with van der Waals surface area (Å²) in [5.74, 6) is 0.679. The normalized spacial score (nSPS) is 10.8. The molecule has 0 saturated carbocycles. The second-order valence-corrected chi connectivity index (χ2v) is 6.65. The van der Waals surface area contributed by atoms with E-state index in [4.69, 9.17) is 11.6 Å². The van der Waals surface area contributed by atoms with Crippen molar-refractivity contribution in [2.75, 3.05) is 13.6 Å². The predicted molar refractivity (Wildman–Crippen MR) is 128 cm³/mol. The van der Waals surface area contributed by atoms with E-state index in [0.717, 1.165) is 29.0 Å². The third-order valence-corrected chi connectivity index (χ3v) is 4.30. The number of guanidine groups is 1. The zero-order valence-electron chi connectivity index (χ0n) is 16.3. The molecule has 2 aromatic carbocycles. The van der Waals surface area contributed by atoms with E-state index in [0.29, 0.717) is 31.2 Å². The van der Waals surface area contributed by atoms with Crippen LogP contribution in [-0.4, -0.2) is 25.5 Å². The third kappa shape index (κ3) is 8.48. The standard InChI is InChI=1S/C21H27ClN4O.HI/c1-3-4-12-24-20(27)18-10-8-16(9-11-18)14-25-21(23-2)26-15-17-6-5-7-19(22)13-17;/h5-11,13H,3-4,12,14-15H2,1-2H3,(H,24,27)(H2,23,25,26);1H. The lowest BCUT2D eigenvalue weighted by Gasteiger charge is -2.12. The van der Waals surface area contributed by atoms with Crippen molar-refractivity contribution in [3.8, 4) is 0 Å². The Labute approximate surface area is 189 Å². The van der Waals surface area contributed by atoms with Gasteiger partial charge in [0.2, 0.25) is 0 Å². The van der Waals surface area contributed by atoms with Crippen LogP contribution in [0.25, 0.3) is 0 Å². The zero-order chi connectivity index (χ0) is 19.5. The molecule has 28 heavy (non-hydrogen) atoms. The van der Waals surface area contributed by atoms with Crippen molar-refractivity contribution in [2.24, 2.45) is 4.99 Å². The van der Waals surface area contributed by atoms with Gasteiger partial charge in [-0.3, -0.25) is 9.79 Å². The van der Waals surface area contributed by atoms with Crippen molar-refractivity contribution in [1.82, 2.24) is 16.0 Å². The number of benzene rings is 2. The highest BCUT2D eigenvalue weighted by atomic mass is 127. The summed E-state index contributed by atoms with van der Waals surface area (Å²) in [5.41, 5.74) is 2.84. The molecule has 0 aliphatic heterocycles. The molecule has 0 bridgehead atoms. The summed E-state index contributed by atoms with van der Waals surface area (Å²) in [5, 5.41) is 10.2. The second-order valence-electron chi connectivity index (χ2n) is 6.22. The third-order valence-electron chi connectivity index (χ3n) is 4.06. The maximum absolute atomic E-state index is 12.0. The summed E-state index contributed by atoms with van der Waals surface area (Å²) in [7, 11) is 1.73. The van der Waals surface area contributed by atoms with Gasteiger partial charge in [0.25, 0.3) is 5.91 Å².